The summed E-state index contributed by atoms with van der Waals surface area (Å²) in [6.07, 6.45) is 1.84. The zero-order valence-corrected chi connectivity index (χ0v) is 24.2. The number of carbonyl (C=O) groups excluding carboxylic acids is 2. The van der Waals surface area contributed by atoms with E-state index in [9.17, 15) is 28.1 Å². The Labute approximate surface area is 233 Å². The Morgan fingerprint density at radius 2 is 1.74 bits per heavy atom. The van der Waals surface area contributed by atoms with Crippen molar-refractivity contribution in [2.24, 2.45) is 0 Å². The van der Waals surface area contributed by atoms with Gasteiger partial charge >= 0.3 is 0 Å². The topological polar surface area (TPSA) is 130 Å². The molecule has 2 amide bonds. The molecule has 2 aromatic rings. The number of nitrogens with one attached hydrogen (secondary N) is 1. The number of sulfonamides is 1. The molecule has 13 heteroatoms. The average Bonchev–Trinajstić information content (AvgIpc) is 2.83. The molecule has 0 aliphatic carbocycles. The van der Waals surface area contributed by atoms with Gasteiger partial charge in [-0.2, -0.15) is 0 Å². The number of carbonyl (C=O) groups is 2. The molecule has 10 nitrogen and oxygen atoms in total. The summed E-state index contributed by atoms with van der Waals surface area (Å²) in [5, 5.41) is 14.8. The van der Waals surface area contributed by atoms with Gasteiger partial charge in [0.2, 0.25) is 21.8 Å². The van der Waals surface area contributed by atoms with Crippen molar-refractivity contribution in [1.29, 1.82) is 0 Å². The van der Waals surface area contributed by atoms with Crippen LogP contribution in [0.2, 0.25) is 10.0 Å². The Morgan fingerprint density at radius 3 is 2.26 bits per heavy atom. The Kier molecular flexibility index (Phi) is 10.9. The molecule has 1 N–H and O–H groups in total. The summed E-state index contributed by atoms with van der Waals surface area (Å²) < 4.78 is 26.4. The third-order valence-corrected chi connectivity index (χ3v) is 7.94. The van der Waals surface area contributed by atoms with E-state index in [1.54, 1.807) is 32.0 Å². The number of amides is 2. The van der Waals surface area contributed by atoms with Crippen LogP contribution in [-0.4, -0.2) is 54.9 Å². The minimum absolute atomic E-state index is 0.00152. The minimum atomic E-state index is -4.05. The van der Waals surface area contributed by atoms with Crippen LogP contribution in [0.4, 0.5) is 11.4 Å². The number of aryl methyl sites for hydroxylation is 1. The van der Waals surface area contributed by atoms with E-state index >= 15 is 0 Å². The zero-order chi connectivity index (χ0) is 28.8. The van der Waals surface area contributed by atoms with Crippen LogP contribution in [0.15, 0.2) is 36.4 Å². The highest BCUT2D eigenvalue weighted by Gasteiger charge is 2.33. The molecule has 0 radical (unpaired) electrons. The van der Waals surface area contributed by atoms with Crippen LogP contribution < -0.4 is 9.62 Å². The molecule has 0 saturated heterocycles. The van der Waals surface area contributed by atoms with Gasteiger partial charge in [0.25, 0.3) is 5.69 Å². The van der Waals surface area contributed by atoms with Gasteiger partial charge in [0.15, 0.2) is 0 Å². The van der Waals surface area contributed by atoms with Crippen molar-refractivity contribution in [2.75, 3.05) is 17.1 Å². The number of nitro groups is 1. The molecule has 0 aliphatic rings. The highest BCUT2D eigenvalue weighted by atomic mass is 35.5. The summed E-state index contributed by atoms with van der Waals surface area (Å²) in [5.41, 5.74) is 0.687. The van der Waals surface area contributed by atoms with Crippen molar-refractivity contribution in [3.63, 3.8) is 0 Å². The van der Waals surface area contributed by atoms with Gasteiger partial charge < -0.3 is 10.2 Å². The van der Waals surface area contributed by atoms with Gasteiger partial charge in [-0.25, -0.2) is 8.42 Å². The van der Waals surface area contributed by atoms with E-state index in [2.05, 4.69) is 5.32 Å². The van der Waals surface area contributed by atoms with Gasteiger partial charge in [-0.1, -0.05) is 49.2 Å². The number of halogens is 2. The first-order valence-electron chi connectivity index (χ1n) is 12.0. The summed E-state index contributed by atoms with van der Waals surface area (Å²) in [5.74, 6) is -1.05. The second-order valence-corrected chi connectivity index (χ2v) is 11.7. The van der Waals surface area contributed by atoms with Crippen LogP contribution in [0.5, 0.6) is 0 Å². The number of nitrogens with zero attached hydrogens (tertiary/aromatic N) is 3. The standard InChI is InChI=1S/C25H32Cl2N4O6S/c1-6-17(4)28-25(33)22(7-2)29(14-18-9-11-20(26)21(27)12-18)24(32)15-30(38(5,36)37)23-13-19(31(34)35)10-8-16(23)3/h8-13,17,22H,6-7,14-15H2,1-5H3,(H,28,33)/t17-,22-/m1/s1. The largest absolute Gasteiger partial charge is 0.352 e. The number of benzene rings is 2. The zero-order valence-electron chi connectivity index (χ0n) is 21.9. The molecule has 208 valence electrons. The lowest BCUT2D eigenvalue weighted by atomic mass is 10.1. The molecule has 0 bridgehead atoms. The van der Waals surface area contributed by atoms with E-state index in [1.807, 2.05) is 13.8 Å². The van der Waals surface area contributed by atoms with Crippen LogP contribution in [0, 0.1) is 17.0 Å². The van der Waals surface area contributed by atoms with E-state index in [-0.39, 0.29) is 41.3 Å². The minimum Gasteiger partial charge on any atom is -0.352 e. The molecule has 0 saturated carbocycles. The van der Waals surface area contributed by atoms with Crippen LogP contribution in [0.1, 0.15) is 44.7 Å². The van der Waals surface area contributed by atoms with Crippen LogP contribution >= 0.6 is 23.2 Å². The summed E-state index contributed by atoms with van der Waals surface area (Å²) in [7, 11) is -4.05. The van der Waals surface area contributed by atoms with Crippen molar-refractivity contribution in [2.45, 2.75) is 59.2 Å². The number of non-ortho nitro benzene ring substituents is 1. The molecule has 0 aromatic heterocycles. The molecular weight excluding hydrogens is 555 g/mol. The van der Waals surface area contributed by atoms with Crippen molar-refractivity contribution >= 4 is 56.4 Å². The van der Waals surface area contributed by atoms with Gasteiger partial charge in [0.1, 0.15) is 12.6 Å². The monoisotopic (exact) mass is 586 g/mol. The Bertz CT molecular complexity index is 1300. The molecule has 2 rings (SSSR count). The fourth-order valence-corrected chi connectivity index (χ4v) is 4.99. The second-order valence-electron chi connectivity index (χ2n) is 9.01. The molecule has 2 aromatic carbocycles. The first kappa shape index (κ1) is 31.3. The normalized spacial score (nSPS) is 12.9. The molecule has 0 spiro atoms. The van der Waals surface area contributed by atoms with Crippen LogP contribution in [0.25, 0.3) is 0 Å². The van der Waals surface area contributed by atoms with Gasteiger partial charge in [-0.3, -0.25) is 24.0 Å². The predicted octanol–water partition coefficient (Wildman–Crippen LogP) is 4.70. The van der Waals surface area contributed by atoms with Gasteiger partial charge in [0, 0.05) is 24.7 Å². The van der Waals surface area contributed by atoms with Gasteiger partial charge in [0.05, 0.1) is 26.9 Å². The quantitative estimate of drug-likeness (QED) is 0.283. The first-order chi connectivity index (χ1) is 17.7. The molecule has 38 heavy (non-hydrogen) atoms. The van der Waals surface area contributed by atoms with Gasteiger partial charge in [-0.15, -0.1) is 0 Å². The highest BCUT2D eigenvalue weighted by Crippen LogP contribution is 2.28. The third-order valence-electron chi connectivity index (χ3n) is 6.08. The highest BCUT2D eigenvalue weighted by molar-refractivity contribution is 7.92. The van der Waals surface area contributed by atoms with Crippen molar-refractivity contribution in [3.05, 3.63) is 67.7 Å². The molecular formula is C25H32Cl2N4O6S. The summed E-state index contributed by atoms with van der Waals surface area (Å²) in [4.78, 5) is 38.9. The van der Waals surface area contributed by atoms with Crippen molar-refractivity contribution < 1.29 is 22.9 Å². The Balaban J connectivity index is 2.55. The number of hydrogen-bond acceptors (Lipinski definition) is 6. The Morgan fingerprint density at radius 1 is 1.08 bits per heavy atom. The third kappa shape index (κ3) is 8.05. The van der Waals surface area contributed by atoms with Crippen molar-refractivity contribution in [1.82, 2.24) is 10.2 Å². The molecule has 2 atom stereocenters. The fourth-order valence-electron chi connectivity index (χ4n) is 3.77. The van der Waals surface area contributed by atoms with E-state index in [1.165, 1.54) is 17.0 Å². The number of nitro benzene ring substituents is 1. The summed E-state index contributed by atoms with van der Waals surface area (Å²) >= 11 is 12.2. The summed E-state index contributed by atoms with van der Waals surface area (Å²) in [6.45, 7) is 6.36. The maximum absolute atomic E-state index is 13.8. The lowest BCUT2D eigenvalue weighted by molar-refractivity contribution is -0.384. The maximum Gasteiger partial charge on any atom is 0.271 e. The average molecular weight is 588 g/mol. The van der Waals surface area contributed by atoms with Crippen molar-refractivity contribution in [3.8, 4) is 0 Å². The molecule has 0 heterocycles. The Hall–Kier alpha value is -2.89. The van der Waals surface area contributed by atoms with E-state index in [0.717, 1.165) is 16.6 Å². The lowest BCUT2D eigenvalue weighted by Crippen LogP contribution is -2.53. The predicted molar refractivity (Wildman–Crippen MR) is 149 cm³/mol. The van der Waals surface area contributed by atoms with Crippen LogP contribution in [-0.2, 0) is 26.2 Å². The molecule has 0 aliphatic heterocycles. The fraction of sp³-hybridized carbons (Fsp3) is 0.440. The van der Waals surface area contributed by atoms with E-state index in [0.29, 0.717) is 22.6 Å². The number of anilines is 1. The number of hydrogen-bond donors (Lipinski definition) is 1. The van der Waals surface area contributed by atoms with E-state index < -0.39 is 33.4 Å². The lowest BCUT2D eigenvalue weighted by Gasteiger charge is -2.33. The number of rotatable bonds is 12. The van der Waals surface area contributed by atoms with Crippen LogP contribution in [0.3, 0.4) is 0 Å². The summed E-state index contributed by atoms with van der Waals surface area (Å²) in [6, 6.07) is 7.52. The maximum atomic E-state index is 13.8. The van der Waals surface area contributed by atoms with Gasteiger partial charge in [-0.05, 0) is 49.9 Å². The molecule has 0 unspecified atom stereocenters. The smallest absolute Gasteiger partial charge is 0.271 e. The second kappa shape index (κ2) is 13.3. The molecule has 0 fully saturated rings. The van der Waals surface area contributed by atoms with E-state index in [4.69, 9.17) is 23.2 Å². The SMILES string of the molecule is CC[C@@H](C)NC(=O)[C@@H](CC)N(Cc1ccc(Cl)c(Cl)c1)C(=O)CN(c1cc([N+](=O)[O-])ccc1C)S(C)(=O)=O. The first-order valence-corrected chi connectivity index (χ1v) is 14.6.